The smallest absolute Gasteiger partial charge is 0.229 e. The van der Waals surface area contributed by atoms with Gasteiger partial charge in [0.1, 0.15) is 0 Å². The van der Waals surface area contributed by atoms with Crippen molar-refractivity contribution in [2.75, 3.05) is 26.7 Å². The second kappa shape index (κ2) is 5.36. The molecule has 0 spiro atoms. The van der Waals surface area contributed by atoms with Crippen LogP contribution in [0.1, 0.15) is 55.8 Å². The number of aromatic nitrogens is 2. The van der Waals surface area contributed by atoms with Gasteiger partial charge >= 0.3 is 0 Å². The molecule has 5 heteroatoms. The maximum absolute atomic E-state index is 5.49. The van der Waals surface area contributed by atoms with Crippen LogP contribution in [-0.4, -0.2) is 41.7 Å². The SMILES string of the molecule is CN1CCNCC1c1noc(C2CCCCC2)n1. The molecule has 1 N–H and O–H groups in total. The Labute approximate surface area is 108 Å². The molecule has 1 atom stereocenters. The van der Waals surface area contributed by atoms with Crippen molar-refractivity contribution in [3.63, 3.8) is 0 Å². The molecule has 0 radical (unpaired) electrons. The predicted octanol–water partition coefficient (Wildman–Crippen LogP) is 1.69. The van der Waals surface area contributed by atoms with Gasteiger partial charge in [0.15, 0.2) is 5.82 Å². The van der Waals surface area contributed by atoms with Crippen LogP contribution in [0, 0.1) is 0 Å². The largest absolute Gasteiger partial charge is 0.339 e. The molecule has 1 aromatic rings. The van der Waals surface area contributed by atoms with Crippen LogP contribution in [0.25, 0.3) is 0 Å². The zero-order valence-corrected chi connectivity index (χ0v) is 11.1. The zero-order valence-electron chi connectivity index (χ0n) is 11.1. The van der Waals surface area contributed by atoms with E-state index in [1.807, 2.05) is 0 Å². The Bertz CT molecular complexity index is 386. The number of likely N-dealkylation sites (N-methyl/N-ethyl adjacent to an activating group) is 1. The number of rotatable bonds is 2. The van der Waals surface area contributed by atoms with Crippen molar-refractivity contribution >= 4 is 0 Å². The van der Waals surface area contributed by atoms with Gasteiger partial charge in [-0.05, 0) is 19.9 Å². The molecular formula is C13H22N4O. The van der Waals surface area contributed by atoms with Crippen molar-refractivity contribution < 1.29 is 4.52 Å². The lowest BCUT2D eigenvalue weighted by atomic mass is 9.89. The Balaban J connectivity index is 1.71. The van der Waals surface area contributed by atoms with E-state index in [9.17, 15) is 0 Å². The minimum absolute atomic E-state index is 0.264. The molecule has 2 aliphatic rings. The van der Waals surface area contributed by atoms with Gasteiger partial charge in [-0.15, -0.1) is 0 Å². The summed E-state index contributed by atoms with van der Waals surface area (Å²) in [6, 6.07) is 0.264. The monoisotopic (exact) mass is 250 g/mol. The highest BCUT2D eigenvalue weighted by molar-refractivity contribution is 5.01. The second-order valence-corrected chi connectivity index (χ2v) is 5.53. The summed E-state index contributed by atoms with van der Waals surface area (Å²) in [5, 5.41) is 7.59. The van der Waals surface area contributed by atoms with E-state index in [1.54, 1.807) is 0 Å². The average molecular weight is 250 g/mol. The van der Waals surface area contributed by atoms with E-state index in [2.05, 4.69) is 27.4 Å². The number of hydrogen-bond acceptors (Lipinski definition) is 5. The van der Waals surface area contributed by atoms with Crippen molar-refractivity contribution in [3.8, 4) is 0 Å². The molecule has 1 unspecified atom stereocenters. The van der Waals surface area contributed by atoms with E-state index in [4.69, 9.17) is 4.52 Å². The topological polar surface area (TPSA) is 54.2 Å². The summed E-state index contributed by atoms with van der Waals surface area (Å²) in [5.41, 5.74) is 0. The van der Waals surface area contributed by atoms with E-state index in [-0.39, 0.29) is 6.04 Å². The summed E-state index contributed by atoms with van der Waals surface area (Å²) in [4.78, 5) is 6.95. The Kier molecular flexibility index (Phi) is 3.61. The van der Waals surface area contributed by atoms with Gasteiger partial charge < -0.3 is 9.84 Å². The molecule has 1 aliphatic heterocycles. The maximum atomic E-state index is 5.49. The van der Waals surface area contributed by atoms with E-state index in [0.29, 0.717) is 5.92 Å². The van der Waals surface area contributed by atoms with Crippen molar-refractivity contribution in [1.29, 1.82) is 0 Å². The average Bonchev–Trinajstić information content (AvgIpc) is 2.90. The number of nitrogens with one attached hydrogen (secondary N) is 1. The molecule has 1 aliphatic carbocycles. The lowest BCUT2D eigenvalue weighted by Crippen LogP contribution is -2.44. The van der Waals surface area contributed by atoms with Crippen molar-refractivity contribution in [2.24, 2.45) is 0 Å². The van der Waals surface area contributed by atoms with Gasteiger partial charge in [-0.1, -0.05) is 24.4 Å². The van der Waals surface area contributed by atoms with Gasteiger partial charge in [-0.25, -0.2) is 0 Å². The molecule has 1 aromatic heterocycles. The van der Waals surface area contributed by atoms with E-state index in [1.165, 1.54) is 32.1 Å². The first-order chi connectivity index (χ1) is 8.84. The Morgan fingerprint density at radius 2 is 2.11 bits per heavy atom. The Hall–Kier alpha value is -0.940. The highest BCUT2D eigenvalue weighted by atomic mass is 16.5. The first-order valence-electron chi connectivity index (χ1n) is 7.09. The molecule has 0 bridgehead atoms. The minimum atomic E-state index is 0.264. The van der Waals surface area contributed by atoms with Gasteiger partial charge in [0, 0.05) is 25.6 Å². The van der Waals surface area contributed by atoms with Crippen LogP contribution in [0.4, 0.5) is 0 Å². The molecule has 2 heterocycles. The first-order valence-corrected chi connectivity index (χ1v) is 7.09. The standard InChI is InChI=1S/C13H22N4O/c1-17-8-7-14-9-11(17)12-15-13(18-16-12)10-5-3-2-4-6-10/h10-11,14H,2-9H2,1H3. The molecule has 0 amide bonds. The third kappa shape index (κ3) is 2.42. The predicted molar refractivity (Wildman–Crippen MR) is 68.4 cm³/mol. The normalized spacial score (nSPS) is 27.5. The lowest BCUT2D eigenvalue weighted by Gasteiger charge is -2.30. The quantitative estimate of drug-likeness (QED) is 0.865. The molecule has 1 saturated heterocycles. The Morgan fingerprint density at radius 3 is 2.89 bits per heavy atom. The Morgan fingerprint density at radius 1 is 1.28 bits per heavy atom. The summed E-state index contributed by atoms with van der Waals surface area (Å²) in [6.45, 7) is 3.00. The van der Waals surface area contributed by atoms with Crippen LogP contribution in [-0.2, 0) is 0 Å². The molecule has 18 heavy (non-hydrogen) atoms. The summed E-state index contributed by atoms with van der Waals surface area (Å²) in [7, 11) is 2.13. The maximum Gasteiger partial charge on any atom is 0.229 e. The number of piperazine rings is 1. The van der Waals surface area contributed by atoms with Crippen molar-refractivity contribution in [2.45, 2.75) is 44.1 Å². The summed E-state index contributed by atoms with van der Waals surface area (Å²) >= 11 is 0. The highest BCUT2D eigenvalue weighted by Gasteiger charge is 2.27. The van der Waals surface area contributed by atoms with E-state index >= 15 is 0 Å². The fraction of sp³-hybridized carbons (Fsp3) is 0.846. The second-order valence-electron chi connectivity index (χ2n) is 5.53. The van der Waals surface area contributed by atoms with E-state index in [0.717, 1.165) is 31.3 Å². The molecule has 100 valence electrons. The minimum Gasteiger partial charge on any atom is -0.339 e. The fourth-order valence-electron chi connectivity index (χ4n) is 2.99. The van der Waals surface area contributed by atoms with Crippen LogP contribution in [0.15, 0.2) is 4.52 Å². The van der Waals surface area contributed by atoms with Gasteiger partial charge in [0.2, 0.25) is 5.89 Å². The van der Waals surface area contributed by atoms with Gasteiger partial charge in [-0.3, -0.25) is 4.90 Å². The number of hydrogen-bond donors (Lipinski definition) is 1. The van der Waals surface area contributed by atoms with Crippen LogP contribution in [0.3, 0.4) is 0 Å². The molecule has 0 aromatic carbocycles. The highest BCUT2D eigenvalue weighted by Crippen LogP contribution is 2.32. The molecule has 1 saturated carbocycles. The third-order valence-electron chi connectivity index (χ3n) is 4.22. The third-order valence-corrected chi connectivity index (χ3v) is 4.22. The summed E-state index contributed by atoms with van der Waals surface area (Å²) < 4.78 is 5.49. The molecular weight excluding hydrogens is 228 g/mol. The summed E-state index contributed by atoms with van der Waals surface area (Å²) in [5.74, 6) is 2.22. The van der Waals surface area contributed by atoms with Crippen LogP contribution in [0.5, 0.6) is 0 Å². The van der Waals surface area contributed by atoms with Gasteiger partial charge in [0.05, 0.1) is 6.04 Å². The molecule has 5 nitrogen and oxygen atoms in total. The van der Waals surface area contributed by atoms with Crippen LogP contribution in [0.2, 0.25) is 0 Å². The zero-order chi connectivity index (χ0) is 12.4. The summed E-state index contributed by atoms with van der Waals surface area (Å²) in [6.07, 6.45) is 6.37. The van der Waals surface area contributed by atoms with Crippen molar-refractivity contribution in [1.82, 2.24) is 20.4 Å². The van der Waals surface area contributed by atoms with Crippen LogP contribution >= 0.6 is 0 Å². The number of nitrogens with zero attached hydrogens (tertiary/aromatic N) is 3. The van der Waals surface area contributed by atoms with Crippen LogP contribution < -0.4 is 5.32 Å². The lowest BCUT2D eigenvalue weighted by molar-refractivity contribution is 0.190. The van der Waals surface area contributed by atoms with Crippen molar-refractivity contribution in [3.05, 3.63) is 11.7 Å². The van der Waals surface area contributed by atoms with E-state index < -0.39 is 0 Å². The van der Waals surface area contributed by atoms with Gasteiger partial charge in [0.25, 0.3) is 0 Å². The molecule has 3 rings (SSSR count). The first kappa shape index (κ1) is 12.1. The molecule has 2 fully saturated rings. The van der Waals surface area contributed by atoms with Gasteiger partial charge in [-0.2, -0.15) is 4.98 Å². The fourth-order valence-corrected chi connectivity index (χ4v) is 2.99.